The average Bonchev–Trinajstić information content (AvgIpc) is 2.71. The minimum Gasteiger partial charge on any atom is -0.376 e. The normalized spacial score (nSPS) is 22.9. The third-order valence-corrected chi connectivity index (χ3v) is 1.99. The van der Waals surface area contributed by atoms with Crippen LogP contribution in [0.1, 0.15) is 10.4 Å². The van der Waals surface area contributed by atoms with Gasteiger partial charge in [-0.2, -0.15) is 0 Å². The molecular formula is C9H11NO3. The molecule has 2 rings (SSSR count). The van der Waals surface area contributed by atoms with Crippen LogP contribution in [0, 0.1) is 0 Å². The number of hydrogen-bond donors (Lipinski definition) is 1. The Balaban J connectivity index is 2.04. The van der Waals surface area contributed by atoms with E-state index >= 15 is 0 Å². The summed E-state index contributed by atoms with van der Waals surface area (Å²) in [5.41, 5.74) is 0.649. The first-order chi connectivity index (χ1) is 6.38. The molecule has 1 aromatic rings. The summed E-state index contributed by atoms with van der Waals surface area (Å²) in [4.78, 5) is 14.5. The number of Topliss-reactive ketones (excluding diaryl/α,β-unsaturated/α-hetero) is 1. The van der Waals surface area contributed by atoms with Crippen molar-refractivity contribution in [3.05, 3.63) is 24.0 Å². The first kappa shape index (κ1) is 8.47. The van der Waals surface area contributed by atoms with Crippen LogP contribution in [0.15, 0.2) is 18.5 Å². The van der Waals surface area contributed by atoms with Gasteiger partial charge in [0.2, 0.25) is 0 Å². The van der Waals surface area contributed by atoms with E-state index in [0.29, 0.717) is 25.4 Å². The van der Waals surface area contributed by atoms with Crippen LogP contribution in [0.3, 0.4) is 0 Å². The van der Waals surface area contributed by atoms with Crippen LogP contribution in [0.5, 0.6) is 0 Å². The Hall–Kier alpha value is -1.13. The molecule has 0 bridgehead atoms. The van der Waals surface area contributed by atoms with Gasteiger partial charge in [-0.25, -0.2) is 0 Å². The van der Waals surface area contributed by atoms with Crippen molar-refractivity contribution in [3.63, 3.8) is 0 Å². The molecule has 2 heterocycles. The summed E-state index contributed by atoms with van der Waals surface area (Å²) in [5, 5.41) is 0. The molecule has 13 heavy (non-hydrogen) atoms. The maximum absolute atomic E-state index is 11.6. The topological polar surface area (TPSA) is 51.3 Å². The van der Waals surface area contributed by atoms with E-state index in [9.17, 15) is 4.79 Å². The maximum atomic E-state index is 11.6. The fraction of sp³-hybridized carbons (Fsp3) is 0.444. The highest BCUT2D eigenvalue weighted by molar-refractivity contribution is 5.99. The van der Waals surface area contributed by atoms with Gasteiger partial charge in [-0.05, 0) is 6.07 Å². The molecule has 0 saturated carbocycles. The molecule has 0 spiro atoms. The van der Waals surface area contributed by atoms with Crippen molar-refractivity contribution in [2.45, 2.75) is 6.10 Å². The summed E-state index contributed by atoms with van der Waals surface area (Å²) in [5.74, 6) is -0.0130. The molecule has 1 aliphatic rings. The predicted octanol–water partition coefficient (Wildman–Crippen LogP) is 0.613. The number of aromatic amines is 1. The molecule has 0 aromatic carbocycles. The molecule has 70 valence electrons. The zero-order valence-electron chi connectivity index (χ0n) is 7.16. The minimum atomic E-state index is -0.426. The van der Waals surface area contributed by atoms with Crippen LogP contribution in [0.25, 0.3) is 0 Å². The third kappa shape index (κ3) is 1.79. The van der Waals surface area contributed by atoms with Crippen LogP contribution in [0.2, 0.25) is 0 Å². The van der Waals surface area contributed by atoms with Gasteiger partial charge in [-0.1, -0.05) is 0 Å². The van der Waals surface area contributed by atoms with Crippen LogP contribution in [0.4, 0.5) is 0 Å². The van der Waals surface area contributed by atoms with Crippen LogP contribution >= 0.6 is 0 Å². The van der Waals surface area contributed by atoms with Crippen LogP contribution < -0.4 is 0 Å². The van der Waals surface area contributed by atoms with Crippen LogP contribution in [-0.4, -0.2) is 36.7 Å². The molecule has 0 radical (unpaired) electrons. The number of H-pyrrole nitrogens is 1. The Morgan fingerprint density at radius 3 is 3.08 bits per heavy atom. The molecule has 4 heteroatoms. The monoisotopic (exact) mass is 181 g/mol. The smallest absolute Gasteiger partial charge is 0.195 e. The fourth-order valence-corrected chi connectivity index (χ4v) is 1.30. The summed E-state index contributed by atoms with van der Waals surface area (Å²) in [6.45, 7) is 1.45. The summed E-state index contributed by atoms with van der Waals surface area (Å²) < 4.78 is 10.4. The van der Waals surface area contributed by atoms with Crippen molar-refractivity contribution >= 4 is 5.78 Å². The average molecular weight is 181 g/mol. The second-order valence-electron chi connectivity index (χ2n) is 2.90. The highest BCUT2D eigenvalue weighted by Gasteiger charge is 2.23. The van der Waals surface area contributed by atoms with Gasteiger partial charge < -0.3 is 14.5 Å². The molecule has 1 unspecified atom stereocenters. The lowest BCUT2D eigenvalue weighted by molar-refractivity contribution is -0.0719. The molecule has 1 saturated heterocycles. The molecule has 1 atom stereocenters. The van der Waals surface area contributed by atoms with Crippen LogP contribution in [-0.2, 0) is 9.47 Å². The second kappa shape index (κ2) is 3.72. The number of carbonyl (C=O) groups is 1. The lowest BCUT2D eigenvalue weighted by atomic mass is 10.1. The van der Waals surface area contributed by atoms with Crippen molar-refractivity contribution < 1.29 is 14.3 Å². The van der Waals surface area contributed by atoms with E-state index in [2.05, 4.69) is 4.98 Å². The van der Waals surface area contributed by atoms with Gasteiger partial charge in [0.1, 0.15) is 6.10 Å². The Kier molecular flexibility index (Phi) is 2.42. The zero-order chi connectivity index (χ0) is 9.10. The maximum Gasteiger partial charge on any atom is 0.195 e. The fourth-order valence-electron chi connectivity index (χ4n) is 1.30. The first-order valence-corrected chi connectivity index (χ1v) is 4.24. The van der Waals surface area contributed by atoms with Gasteiger partial charge >= 0.3 is 0 Å². The Bertz CT molecular complexity index is 275. The number of hydrogen-bond acceptors (Lipinski definition) is 3. The standard InChI is InChI=1S/C9H11NO3/c11-9(7-1-2-10-5-7)8-6-12-3-4-13-8/h1-2,5,8,10H,3-4,6H2. The van der Waals surface area contributed by atoms with Gasteiger partial charge in [-0.3, -0.25) is 4.79 Å². The number of ketones is 1. The molecular weight excluding hydrogens is 170 g/mol. The summed E-state index contributed by atoms with van der Waals surface area (Å²) >= 11 is 0. The van der Waals surface area contributed by atoms with Gasteiger partial charge in [-0.15, -0.1) is 0 Å². The SMILES string of the molecule is O=C(c1cc[nH]c1)C1COCCO1. The molecule has 0 amide bonds. The van der Waals surface area contributed by atoms with Gasteiger partial charge in [0, 0.05) is 18.0 Å². The Morgan fingerprint density at radius 2 is 2.46 bits per heavy atom. The molecule has 1 fully saturated rings. The zero-order valence-corrected chi connectivity index (χ0v) is 7.16. The highest BCUT2D eigenvalue weighted by Crippen LogP contribution is 2.08. The quantitative estimate of drug-likeness (QED) is 0.680. The van der Waals surface area contributed by atoms with E-state index in [4.69, 9.17) is 9.47 Å². The van der Waals surface area contributed by atoms with E-state index < -0.39 is 6.10 Å². The van der Waals surface area contributed by atoms with Crippen molar-refractivity contribution in [2.75, 3.05) is 19.8 Å². The molecule has 1 aromatic heterocycles. The molecule has 1 aliphatic heterocycles. The number of carbonyl (C=O) groups excluding carboxylic acids is 1. The van der Waals surface area contributed by atoms with Crippen molar-refractivity contribution in [1.29, 1.82) is 0 Å². The summed E-state index contributed by atoms with van der Waals surface area (Å²) in [7, 11) is 0. The van der Waals surface area contributed by atoms with Gasteiger partial charge in [0.15, 0.2) is 5.78 Å². The van der Waals surface area contributed by atoms with E-state index in [1.54, 1.807) is 18.5 Å². The van der Waals surface area contributed by atoms with Gasteiger partial charge in [0.05, 0.1) is 19.8 Å². The predicted molar refractivity (Wildman–Crippen MR) is 45.7 cm³/mol. The third-order valence-electron chi connectivity index (χ3n) is 1.99. The molecule has 4 nitrogen and oxygen atoms in total. The Labute approximate surface area is 75.8 Å². The number of aromatic nitrogens is 1. The summed E-state index contributed by atoms with van der Waals surface area (Å²) in [6.07, 6.45) is 2.96. The second-order valence-corrected chi connectivity index (χ2v) is 2.90. The molecule has 1 N–H and O–H groups in total. The lowest BCUT2D eigenvalue weighted by Gasteiger charge is -2.21. The number of nitrogens with one attached hydrogen (secondary N) is 1. The lowest BCUT2D eigenvalue weighted by Crippen LogP contribution is -2.35. The van der Waals surface area contributed by atoms with Crippen molar-refractivity contribution in [3.8, 4) is 0 Å². The highest BCUT2D eigenvalue weighted by atomic mass is 16.6. The van der Waals surface area contributed by atoms with E-state index in [1.165, 1.54) is 0 Å². The minimum absolute atomic E-state index is 0.0130. The van der Waals surface area contributed by atoms with Gasteiger partial charge in [0.25, 0.3) is 0 Å². The summed E-state index contributed by atoms with van der Waals surface area (Å²) in [6, 6.07) is 1.74. The van der Waals surface area contributed by atoms with Crippen molar-refractivity contribution in [2.24, 2.45) is 0 Å². The number of ether oxygens (including phenoxy) is 2. The Morgan fingerprint density at radius 1 is 1.54 bits per heavy atom. The first-order valence-electron chi connectivity index (χ1n) is 4.24. The molecule has 0 aliphatic carbocycles. The van der Waals surface area contributed by atoms with E-state index in [1.807, 2.05) is 0 Å². The van der Waals surface area contributed by atoms with Crippen molar-refractivity contribution in [1.82, 2.24) is 4.98 Å². The van der Waals surface area contributed by atoms with E-state index in [0.717, 1.165) is 0 Å². The number of rotatable bonds is 2. The largest absolute Gasteiger partial charge is 0.376 e. The van der Waals surface area contributed by atoms with E-state index in [-0.39, 0.29) is 5.78 Å².